The first-order valence-electron chi connectivity index (χ1n) is 5.01. The molecule has 14 heavy (non-hydrogen) atoms. The summed E-state index contributed by atoms with van der Waals surface area (Å²) in [7, 11) is 0. The molecule has 1 fully saturated rings. The Bertz CT molecular complexity index is 313. The molecule has 1 atom stereocenters. The number of nitrogens with zero attached hydrogens (tertiary/aromatic N) is 2. The van der Waals surface area contributed by atoms with E-state index < -0.39 is 0 Å². The number of pyridine rings is 1. The lowest BCUT2D eigenvalue weighted by atomic mass is 10.2. The molecule has 0 aromatic carbocycles. The Hall–Kier alpha value is -1.29. The Morgan fingerprint density at radius 1 is 1.57 bits per heavy atom. The molecule has 2 heterocycles. The minimum Gasteiger partial charge on any atom is -0.354 e. The molecule has 4 heteroatoms. The van der Waals surface area contributed by atoms with Crippen LogP contribution < -0.4 is 16.2 Å². The third-order valence-corrected chi connectivity index (χ3v) is 2.73. The third-order valence-electron chi connectivity index (χ3n) is 2.73. The Morgan fingerprint density at radius 3 is 3.07 bits per heavy atom. The fraction of sp³-hybridized carbons (Fsp3) is 0.500. The van der Waals surface area contributed by atoms with Crippen LogP contribution in [0.15, 0.2) is 18.2 Å². The zero-order chi connectivity index (χ0) is 9.97. The van der Waals surface area contributed by atoms with Gasteiger partial charge in [0.25, 0.3) is 0 Å². The summed E-state index contributed by atoms with van der Waals surface area (Å²) in [6.45, 7) is 3.33. The molecular formula is C10H16N4. The minimum absolute atomic E-state index is 0.593. The van der Waals surface area contributed by atoms with Crippen molar-refractivity contribution in [3.63, 3.8) is 0 Å². The van der Waals surface area contributed by atoms with E-state index in [1.54, 1.807) is 0 Å². The van der Waals surface area contributed by atoms with Crippen LogP contribution in [0.3, 0.4) is 0 Å². The summed E-state index contributed by atoms with van der Waals surface area (Å²) >= 11 is 0. The van der Waals surface area contributed by atoms with Crippen molar-refractivity contribution >= 4 is 11.6 Å². The zero-order valence-corrected chi connectivity index (χ0v) is 8.40. The summed E-state index contributed by atoms with van der Waals surface area (Å²) < 4.78 is 0. The van der Waals surface area contributed by atoms with Gasteiger partial charge in [-0.1, -0.05) is 6.07 Å². The van der Waals surface area contributed by atoms with Crippen LogP contribution in [0.1, 0.15) is 19.8 Å². The van der Waals surface area contributed by atoms with Gasteiger partial charge >= 0.3 is 0 Å². The predicted molar refractivity (Wildman–Crippen MR) is 58.1 cm³/mol. The Morgan fingerprint density at radius 2 is 2.43 bits per heavy atom. The lowest BCUT2D eigenvalue weighted by molar-refractivity contribution is 0.727. The summed E-state index contributed by atoms with van der Waals surface area (Å²) in [5.74, 6) is 7.06. The smallest absolute Gasteiger partial charge is 0.142 e. The van der Waals surface area contributed by atoms with E-state index in [1.165, 1.54) is 12.8 Å². The van der Waals surface area contributed by atoms with Gasteiger partial charge in [-0.3, -0.25) is 0 Å². The fourth-order valence-corrected chi connectivity index (χ4v) is 1.94. The Balaban J connectivity index is 2.22. The highest BCUT2D eigenvalue weighted by atomic mass is 15.3. The summed E-state index contributed by atoms with van der Waals surface area (Å²) in [5.41, 5.74) is 2.57. The van der Waals surface area contributed by atoms with E-state index in [2.05, 4.69) is 22.2 Å². The number of nitrogens with one attached hydrogen (secondary N) is 1. The van der Waals surface area contributed by atoms with E-state index in [0.29, 0.717) is 6.04 Å². The molecule has 0 bridgehead atoms. The van der Waals surface area contributed by atoms with Crippen molar-refractivity contribution < 1.29 is 0 Å². The average molecular weight is 192 g/mol. The molecule has 0 aliphatic carbocycles. The van der Waals surface area contributed by atoms with Crippen molar-refractivity contribution in [1.29, 1.82) is 0 Å². The van der Waals surface area contributed by atoms with Crippen LogP contribution in [0.2, 0.25) is 0 Å². The first-order valence-corrected chi connectivity index (χ1v) is 5.01. The van der Waals surface area contributed by atoms with E-state index in [4.69, 9.17) is 5.84 Å². The first kappa shape index (κ1) is 9.27. The SMILES string of the molecule is CC1CCCN1c1cccc(NN)n1. The standard InChI is InChI=1S/C10H16N4/c1-8-4-3-7-14(8)10-6-2-5-9(12-10)13-11/h2,5-6,8H,3-4,7,11H2,1H3,(H,12,13). The fourth-order valence-electron chi connectivity index (χ4n) is 1.94. The summed E-state index contributed by atoms with van der Waals surface area (Å²) in [4.78, 5) is 6.73. The van der Waals surface area contributed by atoms with Gasteiger partial charge in [0.2, 0.25) is 0 Å². The van der Waals surface area contributed by atoms with Crippen molar-refractivity contribution in [3.05, 3.63) is 18.2 Å². The highest BCUT2D eigenvalue weighted by molar-refractivity contribution is 5.47. The molecule has 1 aliphatic rings. The maximum Gasteiger partial charge on any atom is 0.142 e. The van der Waals surface area contributed by atoms with Crippen molar-refractivity contribution in [2.45, 2.75) is 25.8 Å². The quantitative estimate of drug-likeness (QED) is 0.548. The maximum absolute atomic E-state index is 5.32. The van der Waals surface area contributed by atoms with Crippen LogP contribution >= 0.6 is 0 Å². The summed E-state index contributed by atoms with van der Waals surface area (Å²) in [6, 6.07) is 6.46. The number of anilines is 2. The second-order valence-corrected chi connectivity index (χ2v) is 3.71. The van der Waals surface area contributed by atoms with Gasteiger partial charge in [-0.2, -0.15) is 0 Å². The van der Waals surface area contributed by atoms with Crippen LogP contribution in [0.5, 0.6) is 0 Å². The molecule has 0 amide bonds. The van der Waals surface area contributed by atoms with Gasteiger partial charge in [-0.05, 0) is 31.9 Å². The number of hydrogen-bond acceptors (Lipinski definition) is 4. The van der Waals surface area contributed by atoms with Crippen molar-refractivity contribution in [1.82, 2.24) is 4.98 Å². The summed E-state index contributed by atoms with van der Waals surface area (Å²) in [5, 5.41) is 0. The van der Waals surface area contributed by atoms with E-state index in [9.17, 15) is 0 Å². The van der Waals surface area contributed by atoms with Crippen LogP contribution in [0.25, 0.3) is 0 Å². The van der Waals surface area contributed by atoms with Crippen LogP contribution in [-0.2, 0) is 0 Å². The predicted octanol–water partition coefficient (Wildman–Crippen LogP) is 1.36. The monoisotopic (exact) mass is 192 g/mol. The Labute approximate surface area is 84.1 Å². The highest BCUT2D eigenvalue weighted by Crippen LogP contribution is 2.23. The molecule has 1 aliphatic heterocycles. The topological polar surface area (TPSA) is 54.2 Å². The largest absolute Gasteiger partial charge is 0.354 e. The molecule has 0 saturated carbocycles. The number of nitrogens with two attached hydrogens (primary N) is 1. The van der Waals surface area contributed by atoms with Crippen LogP contribution in [0, 0.1) is 0 Å². The minimum atomic E-state index is 0.593. The van der Waals surface area contributed by atoms with Crippen molar-refractivity contribution in [2.24, 2.45) is 5.84 Å². The van der Waals surface area contributed by atoms with Gasteiger partial charge in [0.05, 0.1) is 0 Å². The molecule has 1 saturated heterocycles. The van der Waals surface area contributed by atoms with Crippen molar-refractivity contribution in [3.8, 4) is 0 Å². The maximum atomic E-state index is 5.32. The third kappa shape index (κ3) is 1.65. The van der Waals surface area contributed by atoms with Gasteiger partial charge < -0.3 is 10.3 Å². The number of rotatable bonds is 2. The molecule has 0 radical (unpaired) electrons. The number of aromatic nitrogens is 1. The average Bonchev–Trinajstić information content (AvgIpc) is 2.65. The number of nitrogen functional groups attached to an aromatic ring is 1. The molecule has 76 valence electrons. The van der Waals surface area contributed by atoms with Gasteiger partial charge in [-0.15, -0.1) is 0 Å². The summed E-state index contributed by atoms with van der Waals surface area (Å²) in [6.07, 6.45) is 2.51. The van der Waals surface area contributed by atoms with Gasteiger partial charge in [0.1, 0.15) is 11.6 Å². The molecular weight excluding hydrogens is 176 g/mol. The van der Waals surface area contributed by atoms with Crippen LogP contribution in [-0.4, -0.2) is 17.6 Å². The molecule has 4 nitrogen and oxygen atoms in total. The lowest BCUT2D eigenvalue weighted by Crippen LogP contribution is -2.27. The molecule has 0 spiro atoms. The lowest BCUT2D eigenvalue weighted by Gasteiger charge is -2.22. The first-order chi connectivity index (χ1) is 6.81. The van der Waals surface area contributed by atoms with E-state index >= 15 is 0 Å². The zero-order valence-electron chi connectivity index (χ0n) is 8.40. The molecule has 2 rings (SSSR count). The highest BCUT2D eigenvalue weighted by Gasteiger charge is 2.21. The van der Waals surface area contributed by atoms with Crippen molar-refractivity contribution in [2.75, 3.05) is 16.9 Å². The molecule has 1 aromatic heterocycles. The normalized spacial score (nSPS) is 21.3. The van der Waals surface area contributed by atoms with Gasteiger partial charge in [0.15, 0.2) is 0 Å². The van der Waals surface area contributed by atoms with Gasteiger partial charge in [-0.25, -0.2) is 10.8 Å². The number of hydrazine groups is 1. The Kier molecular flexibility index (Phi) is 2.54. The second-order valence-electron chi connectivity index (χ2n) is 3.71. The number of hydrogen-bond donors (Lipinski definition) is 2. The van der Waals surface area contributed by atoms with E-state index in [0.717, 1.165) is 18.2 Å². The van der Waals surface area contributed by atoms with Crippen LogP contribution in [0.4, 0.5) is 11.6 Å². The van der Waals surface area contributed by atoms with E-state index in [-0.39, 0.29) is 0 Å². The molecule has 1 aromatic rings. The van der Waals surface area contributed by atoms with E-state index in [1.807, 2.05) is 18.2 Å². The van der Waals surface area contributed by atoms with Gasteiger partial charge in [0, 0.05) is 12.6 Å². The second kappa shape index (κ2) is 3.84. The molecule has 3 N–H and O–H groups in total. The molecule has 1 unspecified atom stereocenters.